The monoisotopic (exact) mass is 284 g/mol. The smallest absolute Gasteiger partial charge is 0.0923 e. The van der Waals surface area contributed by atoms with E-state index in [0.717, 1.165) is 31.1 Å². The van der Waals surface area contributed by atoms with Gasteiger partial charge in [0.1, 0.15) is 0 Å². The summed E-state index contributed by atoms with van der Waals surface area (Å²) in [6, 6.07) is 7.83. The minimum atomic E-state index is 0.517. The predicted octanol–water partition coefficient (Wildman–Crippen LogP) is 2.58. The van der Waals surface area contributed by atoms with Gasteiger partial charge in [-0.3, -0.25) is 4.68 Å². The molecule has 0 amide bonds. The molecule has 0 spiro atoms. The Bertz CT molecular complexity index is 633. The van der Waals surface area contributed by atoms with Crippen LogP contribution in [-0.2, 0) is 0 Å². The van der Waals surface area contributed by atoms with Gasteiger partial charge < -0.3 is 10.2 Å². The summed E-state index contributed by atoms with van der Waals surface area (Å²) in [5.74, 6) is 0.809. The second kappa shape index (κ2) is 5.11. The molecule has 0 bridgehead atoms. The zero-order valence-electron chi connectivity index (χ0n) is 12.9. The molecule has 4 nitrogen and oxygen atoms in total. The Labute approximate surface area is 126 Å². The minimum absolute atomic E-state index is 0.517. The highest BCUT2D eigenvalue weighted by Crippen LogP contribution is 2.28. The number of likely N-dealkylation sites (N-methyl/N-ethyl adjacent to an activating group) is 1. The Balaban J connectivity index is 1.58. The summed E-state index contributed by atoms with van der Waals surface area (Å²) in [5.41, 5.74) is 2.54. The van der Waals surface area contributed by atoms with E-state index in [-0.39, 0.29) is 0 Å². The van der Waals surface area contributed by atoms with E-state index in [1.165, 1.54) is 23.8 Å². The molecule has 4 heteroatoms. The van der Waals surface area contributed by atoms with Crippen molar-refractivity contribution in [2.75, 3.05) is 26.7 Å². The van der Waals surface area contributed by atoms with Crippen LogP contribution in [0.4, 0.5) is 0 Å². The molecule has 1 aromatic heterocycles. The van der Waals surface area contributed by atoms with Crippen LogP contribution >= 0.6 is 0 Å². The van der Waals surface area contributed by atoms with E-state index in [1.807, 2.05) is 0 Å². The van der Waals surface area contributed by atoms with Crippen LogP contribution < -0.4 is 5.32 Å². The zero-order chi connectivity index (χ0) is 14.4. The molecule has 2 fully saturated rings. The Morgan fingerprint density at radius 1 is 1.24 bits per heavy atom. The lowest BCUT2D eigenvalue weighted by molar-refractivity contribution is 0.131. The molecule has 2 aliphatic rings. The fraction of sp³-hybridized carbons (Fsp3) is 0.588. The molecular weight excluding hydrogens is 260 g/mol. The standard InChI is InChI=1S/C17H24N4/c1-12-3-5-16(18-8-12)13-4-6-17-14(7-13)9-21(19-17)15-10-20(2)11-15/h4,6-7,9,12,15-16,18H,3,5,8,10-11H2,1-2H3. The lowest BCUT2D eigenvalue weighted by Gasteiger charge is -2.36. The van der Waals surface area contributed by atoms with Crippen molar-refractivity contribution in [2.45, 2.75) is 31.8 Å². The summed E-state index contributed by atoms with van der Waals surface area (Å²) < 4.78 is 2.16. The van der Waals surface area contributed by atoms with E-state index >= 15 is 0 Å². The van der Waals surface area contributed by atoms with E-state index < -0.39 is 0 Å². The molecule has 2 aliphatic heterocycles. The third-order valence-electron chi connectivity index (χ3n) is 5.03. The Morgan fingerprint density at radius 3 is 2.81 bits per heavy atom. The van der Waals surface area contributed by atoms with Gasteiger partial charge in [-0.1, -0.05) is 13.0 Å². The lowest BCUT2D eigenvalue weighted by atomic mass is 9.92. The first-order valence-corrected chi connectivity index (χ1v) is 8.10. The summed E-state index contributed by atoms with van der Waals surface area (Å²) in [4.78, 5) is 2.33. The second-order valence-electron chi connectivity index (χ2n) is 6.95. The highest BCUT2D eigenvalue weighted by Gasteiger charge is 2.26. The maximum atomic E-state index is 4.74. The molecule has 2 aromatic rings. The van der Waals surface area contributed by atoms with E-state index in [2.05, 4.69) is 53.3 Å². The number of fused-ring (bicyclic) bond motifs is 1. The number of likely N-dealkylation sites (tertiary alicyclic amines) is 1. The highest BCUT2D eigenvalue weighted by atomic mass is 15.4. The minimum Gasteiger partial charge on any atom is -0.310 e. The van der Waals surface area contributed by atoms with Crippen molar-refractivity contribution in [3.8, 4) is 0 Å². The first kappa shape index (κ1) is 13.3. The van der Waals surface area contributed by atoms with E-state index in [0.29, 0.717) is 12.1 Å². The molecule has 4 rings (SSSR count). The van der Waals surface area contributed by atoms with Crippen molar-refractivity contribution in [3.63, 3.8) is 0 Å². The van der Waals surface area contributed by atoms with E-state index in [1.54, 1.807) is 0 Å². The topological polar surface area (TPSA) is 33.1 Å². The zero-order valence-corrected chi connectivity index (χ0v) is 12.9. The molecule has 0 radical (unpaired) electrons. The number of hydrogen-bond acceptors (Lipinski definition) is 3. The van der Waals surface area contributed by atoms with Crippen LogP contribution in [0.3, 0.4) is 0 Å². The van der Waals surface area contributed by atoms with Gasteiger partial charge in [0.15, 0.2) is 0 Å². The molecule has 2 unspecified atom stereocenters. The number of aromatic nitrogens is 2. The quantitative estimate of drug-likeness (QED) is 0.920. The van der Waals surface area contributed by atoms with Crippen molar-refractivity contribution in [1.29, 1.82) is 0 Å². The number of nitrogens with zero attached hydrogens (tertiary/aromatic N) is 3. The molecule has 1 N–H and O–H groups in total. The summed E-state index contributed by atoms with van der Waals surface area (Å²) in [7, 11) is 2.16. The molecule has 0 aliphatic carbocycles. The van der Waals surface area contributed by atoms with Crippen molar-refractivity contribution >= 4 is 10.9 Å². The predicted molar refractivity (Wildman–Crippen MR) is 85.4 cm³/mol. The van der Waals surface area contributed by atoms with Gasteiger partial charge in [0, 0.05) is 30.7 Å². The summed E-state index contributed by atoms with van der Waals surface area (Å²) in [5, 5.41) is 9.69. The fourth-order valence-electron chi connectivity index (χ4n) is 3.58. The largest absolute Gasteiger partial charge is 0.310 e. The number of rotatable bonds is 2. The lowest BCUT2D eigenvalue weighted by Crippen LogP contribution is -2.45. The Kier molecular flexibility index (Phi) is 3.23. The molecule has 2 saturated heterocycles. The van der Waals surface area contributed by atoms with Crippen LogP contribution in [0.2, 0.25) is 0 Å². The number of nitrogens with one attached hydrogen (secondary N) is 1. The normalized spacial score (nSPS) is 27.9. The van der Waals surface area contributed by atoms with Gasteiger partial charge in [0.05, 0.1) is 11.6 Å². The number of piperidine rings is 1. The summed E-state index contributed by atoms with van der Waals surface area (Å²) in [6.45, 7) is 5.69. The van der Waals surface area contributed by atoms with Gasteiger partial charge in [-0.05, 0) is 50.0 Å². The first-order chi connectivity index (χ1) is 10.2. The SMILES string of the molecule is CC1CCC(c2ccc3nn(C4CN(C)C4)cc3c2)NC1. The maximum Gasteiger partial charge on any atom is 0.0923 e. The maximum absolute atomic E-state index is 4.74. The van der Waals surface area contributed by atoms with Crippen molar-refractivity contribution in [1.82, 2.24) is 20.0 Å². The van der Waals surface area contributed by atoms with Gasteiger partial charge in [-0.25, -0.2) is 0 Å². The molecule has 21 heavy (non-hydrogen) atoms. The van der Waals surface area contributed by atoms with Gasteiger partial charge >= 0.3 is 0 Å². The van der Waals surface area contributed by atoms with Gasteiger partial charge in [0.2, 0.25) is 0 Å². The number of benzene rings is 1. The second-order valence-corrected chi connectivity index (χ2v) is 6.95. The van der Waals surface area contributed by atoms with Crippen LogP contribution in [0.1, 0.15) is 37.4 Å². The van der Waals surface area contributed by atoms with Gasteiger partial charge in [0.25, 0.3) is 0 Å². The van der Waals surface area contributed by atoms with Crippen LogP contribution in [0.5, 0.6) is 0 Å². The third-order valence-corrected chi connectivity index (χ3v) is 5.03. The van der Waals surface area contributed by atoms with Crippen LogP contribution in [0, 0.1) is 5.92 Å². The summed E-state index contributed by atoms with van der Waals surface area (Å²) in [6.07, 6.45) is 4.79. The van der Waals surface area contributed by atoms with Crippen LogP contribution in [0.25, 0.3) is 10.9 Å². The Hall–Kier alpha value is -1.39. The van der Waals surface area contributed by atoms with Gasteiger partial charge in [-0.15, -0.1) is 0 Å². The van der Waals surface area contributed by atoms with Crippen LogP contribution in [0.15, 0.2) is 24.4 Å². The van der Waals surface area contributed by atoms with Crippen LogP contribution in [-0.4, -0.2) is 41.4 Å². The van der Waals surface area contributed by atoms with Gasteiger partial charge in [-0.2, -0.15) is 5.10 Å². The van der Waals surface area contributed by atoms with Crippen molar-refractivity contribution in [3.05, 3.63) is 30.0 Å². The van der Waals surface area contributed by atoms with E-state index in [9.17, 15) is 0 Å². The van der Waals surface area contributed by atoms with Crippen molar-refractivity contribution < 1.29 is 0 Å². The third kappa shape index (κ3) is 2.47. The molecule has 112 valence electrons. The summed E-state index contributed by atoms with van der Waals surface area (Å²) >= 11 is 0. The average Bonchev–Trinajstić information content (AvgIpc) is 2.87. The first-order valence-electron chi connectivity index (χ1n) is 8.10. The molecular formula is C17H24N4. The fourth-order valence-corrected chi connectivity index (χ4v) is 3.58. The molecule has 1 aromatic carbocycles. The van der Waals surface area contributed by atoms with E-state index in [4.69, 9.17) is 5.10 Å². The molecule has 3 heterocycles. The molecule has 0 saturated carbocycles. The average molecular weight is 284 g/mol. The number of hydrogen-bond donors (Lipinski definition) is 1. The van der Waals surface area contributed by atoms with Crippen molar-refractivity contribution in [2.24, 2.45) is 5.92 Å². The Morgan fingerprint density at radius 2 is 2.10 bits per heavy atom. The molecule has 2 atom stereocenters. The highest BCUT2D eigenvalue weighted by molar-refractivity contribution is 5.79.